The zero-order valence-corrected chi connectivity index (χ0v) is 18.3. The number of aromatic nitrogens is 4. The quantitative estimate of drug-likeness (QED) is 0.331. The molecule has 0 aliphatic heterocycles. The average Bonchev–Trinajstić information content (AvgIpc) is 3.47. The Morgan fingerprint density at radius 3 is 2.48 bits per heavy atom. The van der Waals surface area contributed by atoms with Crippen LogP contribution >= 0.6 is 0 Å². The second kappa shape index (κ2) is 8.31. The molecule has 0 aliphatic rings. The fraction of sp³-hybridized carbons (Fsp3) is 0.160. The Bertz CT molecular complexity index is 1440. The van der Waals surface area contributed by atoms with Crippen LogP contribution in [-0.4, -0.2) is 26.3 Å². The molecule has 0 saturated carbocycles. The lowest BCUT2D eigenvalue weighted by atomic mass is 10.0. The van der Waals surface area contributed by atoms with Crippen LogP contribution in [0.2, 0.25) is 0 Å². The number of fused-ring (bicyclic) bond motifs is 1. The zero-order chi connectivity index (χ0) is 22.9. The molecule has 8 nitrogen and oxygen atoms in total. The first-order valence-electron chi connectivity index (χ1n) is 10.4. The van der Waals surface area contributed by atoms with E-state index in [0.29, 0.717) is 28.2 Å². The van der Waals surface area contributed by atoms with Crippen LogP contribution in [0.5, 0.6) is 0 Å². The van der Waals surface area contributed by atoms with E-state index < -0.39 is 12.1 Å². The third-order valence-electron chi connectivity index (χ3n) is 5.28. The molecule has 2 aromatic carbocycles. The number of pyridine rings is 1. The van der Waals surface area contributed by atoms with Crippen molar-refractivity contribution in [2.75, 3.05) is 0 Å². The highest BCUT2D eigenvalue weighted by Crippen LogP contribution is 2.29. The second-order valence-electron chi connectivity index (χ2n) is 7.73. The van der Waals surface area contributed by atoms with Gasteiger partial charge in [-0.15, -0.1) is 10.2 Å². The van der Waals surface area contributed by atoms with Crippen LogP contribution < -0.4 is 0 Å². The highest BCUT2D eigenvalue weighted by atomic mass is 16.6. The standard InChI is InChI=1S/C25H20N4O4/c1-14-9-11-17(12-10-14)20-13-19(21-15(2)29-33-24(21)26-20)25(30)31-16(3)22-27-28-23(32-22)18-7-5-4-6-8-18/h4-13,16H,1-3H3. The van der Waals surface area contributed by atoms with Gasteiger partial charge in [-0.3, -0.25) is 0 Å². The maximum atomic E-state index is 13.2. The minimum atomic E-state index is -0.756. The first kappa shape index (κ1) is 20.6. The van der Waals surface area contributed by atoms with Gasteiger partial charge in [0.15, 0.2) is 6.10 Å². The molecule has 0 amide bonds. The molecule has 5 rings (SSSR count). The number of benzene rings is 2. The molecule has 0 bridgehead atoms. The summed E-state index contributed by atoms with van der Waals surface area (Å²) >= 11 is 0. The fourth-order valence-electron chi connectivity index (χ4n) is 3.50. The summed E-state index contributed by atoms with van der Waals surface area (Å²) in [5.41, 5.74) is 4.48. The topological polar surface area (TPSA) is 104 Å². The van der Waals surface area contributed by atoms with E-state index in [0.717, 1.165) is 16.7 Å². The highest BCUT2D eigenvalue weighted by molar-refractivity contribution is 6.04. The highest BCUT2D eigenvalue weighted by Gasteiger charge is 2.24. The van der Waals surface area contributed by atoms with Gasteiger partial charge in [0.2, 0.25) is 5.89 Å². The summed E-state index contributed by atoms with van der Waals surface area (Å²) in [6, 6.07) is 18.9. The van der Waals surface area contributed by atoms with Crippen LogP contribution in [0.1, 0.15) is 40.5 Å². The molecule has 0 radical (unpaired) electrons. The molecule has 3 aromatic heterocycles. The van der Waals surface area contributed by atoms with E-state index in [1.54, 1.807) is 19.9 Å². The van der Waals surface area contributed by atoms with Crippen LogP contribution in [-0.2, 0) is 4.74 Å². The molecule has 3 heterocycles. The lowest BCUT2D eigenvalue weighted by Crippen LogP contribution is -2.11. The van der Waals surface area contributed by atoms with Gasteiger partial charge in [-0.1, -0.05) is 53.2 Å². The first-order valence-corrected chi connectivity index (χ1v) is 10.4. The van der Waals surface area contributed by atoms with E-state index in [9.17, 15) is 4.79 Å². The van der Waals surface area contributed by atoms with Crippen molar-refractivity contribution in [3.05, 3.63) is 83.4 Å². The van der Waals surface area contributed by atoms with Crippen molar-refractivity contribution in [3.63, 3.8) is 0 Å². The molecule has 0 fully saturated rings. The van der Waals surface area contributed by atoms with Crippen molar-refractivity contribution in [1.82, 2.24) is 20.3 Å². The van der Waals surface area contributed by atoms with E-state index in [4.69, 9.17) is 13.7 Å². The Balaban J connectivity index is 1.46. The minimum absolute atomic E-state index is 0.202. The van der Waals surface area contributed by atoms with Crippen molar-refractivity contribution in [2.24, 2.45) is 0 Å². The molecule has 8 heteroatoms. The van der Waals surface area contributed by atoms with Crippen molar-refractivity contribution in [2.45, 2.75) is 26.9 Å². The van der Waals surface area contributed by atoms with E-state index >= 15 is 0 Å². The summed E-state index contributed by atoms with van der Waals surface area (Å²) in [6.07, 6.45) is -0.756. The van der Waals surface area contributed by atoms with Crippen LogP contribution in [0.25, 0.3) is 33.8 Å². The SMILES string of the molecule is Cc1ccc(-c2cc(C(=O)OC(C)c3nnc(-c4ccccc4)o3)c3c(C)noc3n2)cc1. The number of ether oxygens (including phenoxy) is 1. The number of carbonyl (C=O) groups excluding carboxylic acids is 1. The van der Waals surface area contributed by atoms with Crippen LogP contribution in [0, 0.1) is 13.8 Å². The summed E-state index contributed by atoms with van der Waals surface area (Å²) < 4.78 is 16.8. The molecule has 1 unspecified atom stereocenters. The Morgan fingerprint density at radius 2 is 1.73 bits per heavy atom. The lowest BCUT2D eigenvalue weighted by molar-refractivity contribution is 0.0282. The van der Waals surface area contributed by atoms with Gasteiger partial charge in [-0.05, 0) is 39.0 Å². The number of carbonyl (C=O) groups is 1. The van der Waals surface area contributed by atoms with Gasteiger partial charge >= 0.3 is 5.97 Å². The van der Waals surface area contributed by atoms with Crippen LogP contribution in [0.4, 0.5) is 0 Å². The van der Waals surface area contributed by atoms with Crippen molar-refractivity contribution >= 4 is 17.1 Å². The Hall–Kier alpha value is -4.33. The molecule has 5 aromatic rings. The van der Waals surface area contributed by atoms with Gasteiger partial charge in [0.25, 0.3) is 11.6 Å². The monoisotopic (exact) mass is 440 g/mol. The molecule has 33 heavy (non-hydrogen) atoms. The summed E-state index contributed by atoms with van der Waals surface area (Å²) in [5, 5.41) is 12.6. The van der Waals surface area contributed by atoms with E-state index in [-0.39, 0.29) is 11.6 Å². The normalized spacial score (nSPS) is 12.1. The molecule has 0 saturated heterocycles. The zero-order valence-electron chi connectivity index (χ0n) is 18.3. The number of rotatable bonds is 5. The second-order valence-corrected chi connectivity index (χ2v) is 7.73. The fourth-order valence-corrected chi connectivity index (χ4v) is 3.50. The average molecular weight is 440 g/mol. The lowest BCUT2D eigenvalue weighted by Gasteiger charge is -2.11. The summed E-state index contributed by atoms with van der Waals surface area (Å²) in [7, 11) is 0. The largest absolute Gasteiger partial charge is 0.449 e. The van der Waals surface area contributed by atoms with E-state index in [1.165, 1.54) is 0 Å². The van der Waals surface area contributed by atoms with Gasteiger partial charge in [-0.2, -0.15) is 0 Å². The van der Waals surface area contributed by atoms with Gasteiger partial charge in [0.05, 0.1) is 22.3 Å². The third-order valence-corrected chi connectivity index (χ3v) is 5.28. The smallest absolute Gasteiger partial charge is 0.339 e. The maximum Gasteiger partial charge on any atom is 0.339 e. The Labute approximate surface area is 189 Å². The first-order chi connectivity index (χ1) is 16.0. The minimum Gasteiger partial charge on any atom is -0.449 e. The van der Waals surface area contributed by atoms with Crippen molar-refractivity contribution in [3.8, 4) is 22.7 Å². The molecule has 0 aliphatic carbocycles. The van der Waals surface area contributed by atoms with Gasteiger partial charge < -0.3 is 13.7 Å². The molecule has 164 valence electrons. The number of esters is 1. The molecule has 1 atom stereocenters. The number of nitrogens with zero attached hydrogens (tertiary/aromatic N) is 4. The molecular weight excluding hydrogens is 420 g/mol. The van der Waals surface area contributed by atoms with E-state index in [1.807, 2.05) is 61.5 Å². The Morgan fingerprint density at radius 1 is 0.970 bits per heavy atom. The number of aryl methyl sites for hydroxylation is 2. The summed E-state index contributed by atoms with van der Waals surface area (Å²) in [5.74, 6) is -0.00124. The predicted octanol–water partition coefficient (Wildman–Crippen LogP) is 5.47. The number of hydrogen-bond donors (Lipinski definition) is 0. The van der Waals surface area contributed by atoms with Gasteiger partial charge in [0, 0.05) is 11.1 Å². The Kier molecular flexibility index (Phi) is 5.18. The van der Waals surface area contributed by atoms with Crippen molar-refractivity contribution < 1.29 is 18.5 Å². The summed E-state index contributed by atoms with van der Waals surface area (Å²) in [6.45, 7) is 5.44. The third kappa shape index (κ3) is 3.98. The molecule has 0 spiro atoms. The molecular formula is C25H20N4O4. The van der Waals surface area contributed by atoms with Crippen LogP contribution in [0.15, 0.2) is 69.6 Å². The van der Waals surface area contributed by atoms with E-state index in [2.05, 4.69) is 20.3 Å². The molecule has 0 N–H and O–H groups in total. The number of hydrogen-bond acceptors (Lipinski definition) is 8. The van der Waals surface area contributed by atoms with Crippen molar-refractivity contribution in [1.29, 1.82) is 0 Å². The predicted molar refractivity (Wildman–Crippen MR) is 120 cm³/mol. The maximum absolute atomic E-state index is 13.2. The van der Waals surface area contributed by atoms with Crippen LogP contribution in [0.3, 0.4) is 0 Å². The summed E-state index contributed by atoms with van der Waals surface area (Å²) in [4.78, 5) is 17.7. The van der Waals surface area contributed by atoms with Gasteiger partial charge in [0.1, 0.15) is 0 Å². The van der Waals surface area contributed by atoms with Gasteiger partial charge in [-0.25, -0.2) is 9.78 Å².